The second-order valence-corrected chi connectivity index (χ2v) is 7.79. The molecule has 0 spiro atoms. The lowest BCUT2D eigenvalue weighted by Crippen LogP contribution is -2.48. The minimum atomic E-state index is -0.600. The summed E-state index contributed by atoms with van der Waals surface area (Å²) in [5.74, 6) is 0.586. The highest BCUT2D eigenvalue weighted by Crippen LogP contribution is 2.32. The molecule has 28 heavy (non-hydrogen) atoms. The van der Waals surface area contributed by atoms with E-state index in [0.29, 0.717) is 37.6 Å². The number of benzene rings is 1. The van der Waals surface area contributed by atoms with Gasteiger partial charge in [0.2, 0.25) is 0 Å². The van der Waals surface area contributed by atoms with Crippen molar-refractivity contribution in [2.75, 3.05) is 63.4 Å². The lowest BCUT2D eigenvalue weighted by atomic mass is 10.1. The largest absolute Gasteiger partial charge is 0.494 e. The van der Waals surface area contributed by atoms with Crippen molar-refractivity contribution in [2.24, 2.45) is 0 Å². The van der Waals surface area contributed by atoms with Gasteiger partial charge in [-0.05, 0) is 32.4 Å². The van der Waals surface area contributed by atoms with E-state index in [1.165, 1.54) is 0 Å². The van der Waals surface area contributed by atoms with Gasteiger partial charge >= 0.3 is 6.03 Å². The lowest BCUT2D eigenvalue weighted by molar-refractivity contribution is -0.0277. The number of ether oxygens (including phenoxy) is 3. The highest BCUT2D eigenvalue weighted by Gasteiger charge is 2.28. The van der Waals surface area contributed by atoms with E-state index in [4.69, 9.17) is 14.2 Å². The first-order valence-electron chi connectivity index (χ1n) is 9.72. The Kier molecular flexibility index (Phi) is 6.61. The van der Waals surface area contributed by atoms with Crippen LogP contribution in [0.3, 0.4) is 0 Å². The van der Waals surface area contributed by atoms with Gasteiger partial charge in [0.15, 0.2) is 0 Å². The molecular formula is C20H30FN3O4. The number of urea groups is 1. The number of nitrogens with one attached hydrogen (secondary N) is 1. The molecule has 2 heterocycles. The lowest BCUT2D eigenvalue weighted by Gasteiger charge is -2.39. The monoisotopic (exact) mass is 395 g/mol. The summed E-state index contributed by atoms with van der Waals surface area (Å²) in [6.07, 6.45) is 0.120. The maximum absolute atomic E-state index is 13.0. The average Bonchev–Trinajstić information content (AvgIpc) is 2.93. The number of carbonyl (C=O) groups is 1. The average molecular weight is 395 g/mol. The molecule has 1 aromatic carbocycles. The maximum atomic E-state index is 13.0. The Balaban J connectivity index is 1.71. The van der Waals surface area contributed by atoms with Gasteiger partial charge in [-0.2, -0.15) is 0 Å². The van der Waals surface area contributed by atoms with Crippen molar-refractivity contribution in [1.82, 2.24) is 4.90 Å². The molecule has 1 atom stereocenters. The van der Waals surface area contributed by atoms with Crippen LogP contribution in [0, 0.1) is 0 Å². The molecule has 2 aliphatic heterocycles. The van der Waals surface area contributed by atoms with Crippen LogP contribution >= 0.6 is 0 Å². The molecule has 0 aromatic heterocycles. The van der Waals surface area contributed by atoms with Crippen molar-refractivity contribution in [1.29, 1.82) is 0 Å². The van der Waals surface area contributed by atoms with Gasteiger partial charge in [-0.25, -0.2) is 9.18 Å². The number of anilines is 2. The molecule has 1 aromatic rings. The van der Waals surface area contributed by atoms with Crippen LogP contribution in [0.25, 0.3) is 0 Å². The summed E-state index contributed by atoms with van der Waals surface area (Å²) in [6.45, 7) is 7.03. The number of methoxy groups -OCH3 is 1. The second-order valence-electron chi connectivity index (χ2n) is 7.79. The third-order valence-electron chi connectivity index (χ3n) is 5.03. The van der Waals surface area contributed by atoms with Gasteiger partial charge in [-0.1, -0.05) is 0 Å². The van der Waals surface area contributed by atoms with Crippen LogP contribution in [-0.2, 0) is 9.47 Å². The number of morpholine rings is 1. The number of hydrogen-bond donors (Lipinski definition) is 1. The molecule has 2 aliphatic rings. The van der Waals surface area contributed by atoms with E-state index in [-0.39, 0.29) is 18.2 Å². The van der Waals surface area contributed by atoms with E-state index in [0.717, 1.165) is 18.8 Å². The highest BCUT2D eigenvalue weighted by molar-refractivity contribution is 5.91. The Labute approximate surface area is 165 Å². The molecule has 8 heteroatoms. The standard InChI is InChI=1S/C20H30FN3O4/c1-20(2)14-24(8-10-28-20)15-5-6-17(18(11-15)26-3)22-19(25)23-7-4-9-27-16(12-21)13-23/h5-6,11,16H,4,7-10,12-14H2,1-3H3,(H,22,25). The van der Waals surface area contributed by atoms with Gasteiger partial charge in [0.1, 0.15) is 18.5 Å². The van der Waals surface area contributed by atoms with Crippen molar-refractivity contribution >= 4 is 17.4 Å². The van der Waals surface area contributed by atoms with Gasteiger partial charge in [0.25, 0.3) is 0 Å². The smallest absolute Gasteiger partial charge is 0.322 e. The van der Waals surface area contributed by atoms with Gasteiger partial charge < -0.3 is 29.3 Å². The maximum Gasteiger partial charge on any atom is 0.322 e. The fourth-order valence-electron chi connectivity index (χ4n) is 3.58. The molecule has 156 valence electrons. The Bertz CT molecular complexity index is 685. The zero-order chi connectivity index (χ0) is 20.1. The number of amides is 2. The Morgan fingerprint density at radius 3 is 2.89 bits per heavy atom. The molecule has 2 saturated heterocycles. The normalized spacial score (nSPS) is 22.5. The zero-order valence-corrected chi connectivity index (χ0v) is 16.9. The molecule has 3 rings (SSSR count). The molecule has 2 fully saturated rings. The quantitative estimate of drug-likeness (QED) is 0.849. The van der Waals surface area contributed by atoms with Crippen LogP contribution in [0.4, 0.5) is 20.6 Å². The van der Waals surface area contributed by atoms with Crippen molar-refractivity contribution < 1.29 is 23.4 Å². The molecule has 0 aliphatic carbocycles. The number of halogens is 1. The van der Waals surface area contributed by atoms with Crippen LogP contribution in [0.2, 0.25) is 0 Å². The van der Waals surface area contributed by atoms with Gasteiger partial charge in [0.05, 0.1) is 31.5 Å². The van der Waals surface area contributed by atoms with E-state index in [1.54, 1.807) is 12.0 Å². The van der Waals surface area contributed by atoms with E-state index >= 15 is 0 Å². The number of rotatable bonds is 4. The molecule has 0 radical (unpaired) electrons. The topological polar surface area (TPSA) is 63.3 Å². The van der Waals surface area contributed by atoms with Crippen molar-refractivity contribution in [3.63, 3.8) is 0 Å². The number of carbonyl (C=O) groups excluding carboxylic acids is 1. The summed E-state index contributed by atoms with van der Waals surface area (Å²) in [6, 6.07) is 5.46. The van der Waals surface area contributed by atoms with E-state index < -0.39 is 12.8 Å². The molecule has 0 bridgehead atoms. The van der Waals surface area contributed by atoms with E-state index in [1.807, 2.05) is 18.2 Å². The summed E-state index contributed by atoms with van der Waals surface area (Å²) in [5.41, 5.74) is 1.40. The molecular weight excluding hydrogens is 365 g/mol. The fraction of sp³-hybridized carbons (Fsp3) is 0.650. The molecule has 1 N–H and O–H groups in total. The summed E-state index contributed by atoms with van der Waals surface area (Å²) >= 11 is 0. The van der Waals surface area contributed by atoms with E-state index in [2.05, 4.69) is 24.1 Å². The van der Waals surface area contributed by atoms with Crippen molar-refractivity contribution in [2.45, 2.75) is 32.0 Å². The van der Waals surface area contributed by atoms with Crippen LogP contribution in [-0.4, -0.2) is 75.8 Å². The second kappa shape index (κ2) is 8.96. The Morgan fingerprint density at radius 1 is 1.36 bits per heavy atom. The van der Waals surface area contributed by atoms with Gasteiger partial charge in [-0.15, -0.1) is 0 Å². The Hall–Kier alpha value is -2.06. The first-order valence-corrected chi connectivity index (χ1v) is 9.72. The summed E-state index contributed by atoms with van der Waals surface area (Å²) in [5, 5.41) is 2.89. The third kappa shape index (κ3) is 5.05. The number of nitrogens with zero attached hydrogens (tertiary/aromatic N) is 2. The Morgan fingerprint density at radius 2 is 2.18 bits per heavy atom. The highest BCUT2D eigenvalue weighted by atomic mass is 19.1. The molecule has 2 amide bonds. The van der Waals surface area contributed by atoms with Crippen LogP contribution in [0.15, 0.2) is 18.2 Å². The van der Waals surface area contributed by atoms with Gasteiger partial charge in [-0.3, -0.25) is 0 Å². The number of hydrogen-bond acceptors (Lipinski definition) is 5. The minimum Gasteiger partial charge on any atom is -0.494 e. The van der Waals surface area contributed by atoms with Crippen LogP contribution < -0.4 is 15.0 Å². The first kappa shape index (κ1) is 20.7. The zero-order valence-electron chi connectivity index (χ0n) is 16.9. The van der Waals surface area contributed by atoms with Gasteiger partial charge in [0, 0.05) is 38.0 Å². The minimum absolute atomic E-state index is 0.208. The molecule has 7 nitrogen and oxygen atoms in total. The van der Waals surface area contributed by atoms with Crippen molar-refractivity contribution in [3.05, 3.63) is 18.2 Å². The third-order valence-corrected chi connectivity index (χ3v) is 5.03. The summed E-state index contributed by atoms with van der Waals surface area (Å²) in [4.78, 5) is 16.5. The van der Waals surface area contributed by atoms with E-state index in [9.17, 15) is 9.18 Å². The first-order chi connectivity index (χ1) is 13.4. The fourth-order valence-corrected chi connectivity index (χ4v) is 3.58. The predicted octanol–water partition coefficient (Wildman–Crippen LogP) is 2.90. The number of alkyl halides is 1. The van der Waals surface area contributed by atoms with Crippen LogP contribution in [0.1, 0.15) is 20.3 Å². The summed E-state index contributed by atoms with van der Waals surface area (Å²) in [7, 11) is 1.58. The predicted molar refractivity (Wildman–Crippen MR) is 106 cm³/mol. The summed E-state index contributed by atoms with van der Waals surface area (Å²) < 4.78 is 29.7. The molecule has 0 saturated carbocycles. The van der Waals surface area contributed by atoms with Crippen molar-refractivity contribution in [3.8, 4) is 5.75 Å². The molecule has 1 unspecified atom stereocenters. The SMILES string of the molecule is COc1cc(N2CCOC(C)(C)C2)ccc1NC(=O)N1CCCOC(CF)C1. The van der Waals surface area contributed by atoms with Crippen LogP contribution in [0.5, 0.6) is 5.75 Å².